The van der Waals surface area contributed by atoms with Crippen LogP contribution in [-0.2, 0) is 0 Å². The fourth-order valence-corrected chi connectivity index (χ4v) is 1.68. The molecule has 1 aromatic heterocycles. The summed E-state index contributed by atoms with van der Waals surface area (Å²) in [4.78, 5) is 0. The largest absolute Gasteiger partial charge is 0.398 e. The van der Waals surface area contributed by atoms with E-state index in [0.29, 0.717) is 6.04 Å². The van der Waals surface area contributed by atoms with Crippen molar-refractivity contribution in [3.8, 4) is 11.1 Å². The molecule has 0 aliphatic carbocycles. The van der Waals surface area contributed by atoms with Gasteiger partial charge in [0.1, 0.15) is 0 Å². The number of nitrogen functional groups attached to an aromatic ring is 1. The van der Waals surface area contributed by atoms with E-state index >= 15 is 0 Å². The topological polar surface area (TPSA) is 43.8 Å². The third kappa shape index (κ3) is 1.94. The van der Waals surface area contributed by atoms with E-state index in [-0.39, 0.29) is 0 Å². The number of nitrogens with two attached hydrogens (primary N) is 1. The van der Waals surface area contributed by atoms with Crippen LogP contribution in [0.15, 0.2) is 30.6 Å². The van der Waals surface area contributed by atoms with Crippen LogP contribution in [0.4, 0.5) is 5.69 Å². The molecule has 1 aromatic carbocycles. The lowest BCUT2D eigenvalue weighted by Gasteiger charge is -2.05. The fourth-order valence-electron chi connectivity index (χ4n) is 1.68. The maximum Gasteiger partial charge on any atom is 0.0569 e. The number of rotatable bonds is 2. The van der Waals surface area contributed by atoms with Gasteiger partial charge in [0.05, 0.1) is 6.20 Å². The second-order valence-electron chi connectivity index (χ2n) is 4.39. The molecular weight excluding hydrogens is 198 g/mol. The summed E-state index contributed by atoms with van der Waals surface area (Å²) in [6.07, 6.45) is 3.90. The second-order valence-corrected chi connectivity index (χ2v) is 4.39. The molecule has 0 aliphatic heterocycles. The molecule has 84 valence electrons. The third-order valence-electron chi connectivity index (χ3n) is 2.65. The Bertz CT molecular complexity index is 498. The van der Waals surface area contributed by atoms with E-state index in [4.69, 9.17) is 5.73 Å². The van der Waals surface area contributed by atoms with Crippen LogP contribution in [0.5, 0.6) is 0 Å². The van der Waals surface area contributed by atoms with Gasteiger partial charge in [0.2, 0.25) is 0 Å². The molecule has 2 aromatic rings. The molecular formula is C13H17N3. The normalized spacial score (nSPS) is 11.0. The van der Waals surface area contributed by atoms with Crippen LogP contribution in [0.3, 0.4) is 0 Å². The van der Waals surface area contributed by atoms with Gasteiger partial charge >= 0.3 is 0 Å². The zero-order chi connectivity index (χ0) is 11.7. The Morgan fingerprint density at radius 1 is 1.31 bits per heavy atom. The Balaban J connectivity index is 2.46. The lowest BCUT2D eigenvalue weighted by atomic mass is 10.0. The number of nitrogens with zero attached hydrogens (tertiary/aromatic N) is 2. The van der Waals surface area contributed by atoms with Crippen molar-refractivity contribution in [2.75, 3.05) is 5.73 Å². The first-order chi connectivity index (χ1) is 7.58. The van der Waals surface area contributed by atoms with Crippen molar-refractivity contribution in [2.24, 2.45) is 0 Å². The van der Waals surface area contributed by atoms with Gasteiger partial charge in [-0.15, -0.1) is 0 Å². The molecule has 2 N–H and O–H groups in total. The summed E-state index contributed by atoms with van der Waals surface area (Å²) < 4.78 is 1.94. The Morgan fingerprint density at radius 2 is 2.06 bits per heavy atom. The summed E-state index contributed by atoms with van der Waals surface area (Å²) in [5.41, 5.74) is 10.1. The van der Waals surface area contributed by atoms with E-state index in [1.54, 1.807) is 0 Å². The molecule has 2 rings (SSSR count). The van der Waals surface area contributed by atoms with Crippen molar-refractivity contribution in [3.63, 3.8) is 0 Å². The van der Waals surface area contributed by atoms with Crippen molar-refractivity contribution in [1.82, 2.24) is 9.78 Å². The number of hydrogen-bond acceptors (Lipinski definition) is 2. The summed E-state index contributed by atoms with van der Waals surface area (Å²) >= 11 is 0. The highest BCUT2D eigenvalue weighted by Crippen LogP contribution is 2.26. The minimum atomic E-state index is 0.375. The van der Waals surface area contributed by atoms with Crippen LogP contribution in [-0.4, -0.2) is 9.78 Å². The molecule has 0 aliphatic rings. The molecule has 0 radical (unpaired) electrons. The maximum atomic E-state index is 5.97. The molecule has 0 amide bonds. The highest BCUT2D eigenvalue weighted by molar-refractivity contribution is 5.75. The summed E-state index contributed by atoms with van der Waals surface area (Å²) in [5, 5.41) is 4.32. The lowest BCUT2D eigenvalue weighted by Crippen LogP contribution is -1.99. The SMILES string of the molecule is Cc1ccc(N)c(-c2cnn(C(C)C)c2)c1. The highest BCUT2D eigenvalue weighted by atomic mass is 15.3. The van der Waals surface area contributed by atoms with Crippen molar-refractivity contribution >= 4 is 5.69 Å². The third-order valence-corrected chi connectivity index (χ3v) is 2.65. The smallest absolute Gasteiger partial charge is 0.0569 e. The monoisotopic (exact) mass is 215 g/mol. The second kappa shape index (κ2) is 4.00. The van der Waals surface area contributed by atoms with Crippen molar-refractivity contribution in [2.45, 2.75) is 26.8 Å². The van der Waals surface area contributed by atoms with Gasteiger partial charge in [0.25, 0.3) is 0 Å². The van der Waals surface area contributed by atoms with Gasteiger partial charge in [0.15, 0.2) is 0 Å². The summed E-state index contributed by atoms with van der Waals surface area (Å²) in [6.45, 7) is 6.28. The minimum absolute atomic E-state index is 0.375. The first-order valence-corrected chi connectivity index (χ1v) is 5.48. The van der Waals surface area contributed by atoms with E-state index in [9.17, 15) is 0 Å². The van der Waals surface area contributed by atoms with Crippen LogP contribution in [0.25, 0.3) is 11.1 Å². The van der Waals surface area contributed by atoms with Crippen LogP contribution in [0, 0.1) is 6.92 Å². The van der Waals surface area contributed by atoms with Crippen molar-refractivity contribution in [1.29, 1.82) is 0 Å². The van der Waals surface area contributed by atoms with Gasteiger partial charge in [-0.1, -0.05) is 11.6 Å². The lowest BCUT2D eigenvalue weighted by molar-refractivity contribution is 0.532. The maximum absolute atomic E-state index is 5.97. The Labute approximate surface area is 95.9 Å². The van der Waals surface area contributed by atoms with Gasteiger partial charge in [-0.05, 0) is 32.9 Å². The number of benzene rings is 1. The minimum Gasteiger partial charge on any atom is -0.398 e. The summed E-state index contributed by atoms with van der Waals surface area (Å²) in [7, 11) is 0. The molecule has 3 nitrogen and oxygen atoms in total. The molecule has 0 fully saturated rings. The van der Waals surface area contributed by atoms with E-state index < -0.39 is 0 Å². The molecule has 0 bridgehead atoms. The first kappa shape index (κ1) is 10.7. The number of aromatic nitrogens is 2. The molecule has 16 heavy (non-hydrogen) atoms. The van der Waals surface area contributed by atoms with E-state index in [2.05, 4.69) is 31.9 Å². The van der Waals surface area contributed by atoms with Gasteiger partial charge in [0, 0.05) is 29.1 Å². The van der Waals surface area contributed by atoms with Gasteiger partial charge in [-0.2, -0.15) is 5.10 Å². The van der Waals surface area contributed by atoms with Crippen LogP contribution >= 0.6 is 0 Å². The van der Waals surface area contributed by atoms with Gasteiger partial charge in [-0.3, -0.25) is 4.68 Å². The number of anilines is 1. The first-order valence-electron chi connectivity index (χ1n) is 5.48. The molecule has 0 spiro atoms. The average Bonchev–Trinajstić information content (AvgIpc) is 2.70. The quantitative estimate of drug-likeness (QED) is 0.782. The zero-order valence-corrected chi connectivity index (χ0v) is 9.94. The van der Waals surface area contributed by atoms with Gasteiger partial charge < -0.3 is 5.73 Å². The average molecular weight is 215 g/mol. The predicted octanol–water partition coefficient (Wildman–Crippen LogP) is 3.02. The molecule has 1 heterocycles. The molecule has 0 saturated heterocycles. The van der Waals surface area contributed by atoms with Crippen LogP contribution in [0.1, 0.15) is 25.5 Å². The van der Waals surface area contributed by atoms with Crippen LogP contribution in [0.2, 0.25) is 0 Å². The van der Waals surface area contributed by atoms with Crippen molar-refractivity contribution < 1.29 is 0 Å². The Morgan fingerprint density at radius 3 is 2.69 bits per heavy atom. The Kier molecular flexibility index (Phi) is 2.69. The van der Waals surface area contributed by atoms with Crippen molar-refractivity contribution in [3.05, 3.63) is 36.2 Å². The van der Waals surface area contributed by atoms with E-state index in [1.807, 2.05) is 29.2 Å². The molecule has 0 atom stereocenters. The summed E-state index contributed by atoms with van der Waals surface area (Å²) in [6, 6.07) is 6.43. The van der Waals surface area contributed by atoms with E-state index in [1.165, 1.54) is 5.56 Å². The highest BCUT2D eigenvalue weighted by Gasteiger charge is 2.07. The molecule has 0 unspecified atom stereocenters. The standard InChI is InChI=1S/C13H17N3/c1-9(2)16-8-11(7-15-16)12-6-10(3)4-5-13(12)14/h4-9H,14H2,1-3H3. The van der Waals surface area contributed by atoms with E-state index in [0.717, 1.165) is 16.8 Å². The van der Waals surface area contributed by atoms with Gasteiger partial charge in [-0.25, -0.2) is 0 Å². The molecule has 3 heteroatoms. The number of aryl methyl sites for hydroxylation is 1. The fraction of sp³-hybridized carbons (Fsp3) is 0.308. The Hall–Kier alpha value is -1.77. The van der Waals surface area contributed by atoms with Crippen LogP contribution < -0.4 is 5.73 Å². The number of hydrogen-bond donors (Lipinski definition) is 1. The molecule has 0 saturated carbocycles. The predicted molar refractivity (Wildman–Crippen MR) is 67.2 cm³/mol. The summed E-state index contributed by atoms with van der Waals surface area (Å²) in [5.74, 6) is 0. The zero-order valence-electron chi connectivity index (χ0n) is 9.94.